The second-order valence-corrected chi connectivity index (χ2v) is 5.82. The summed E-state index contributed by atoms with van der Waals surface area (Å²) in [7, 11) is 1.78. The number of hydrogen-bond donors (Lipinski definition) is 1. The highest BCUT2D eigenvalue weighted by Crippen LogP contribution is 2.35. The fourth-order valence-corrected chi connectivity index (χ4v) is 2.77. The summed E-state index contributed by atoms with van der Waals surface area (Å²) in [5.41, 5.74) is 3.17. The van der Waals surface area contributed by atoms with Gasteiger partial charge in [0.15, 0.2) is 0 Å². The van der Waals surface area contributed by atoms with Crippen molar-refractivity contribution in [2.24, 2.45) is 7.05 Å². The molecule has 1 amide bonds. The zero-order valence-electron chi connectivity index (χ0n) is 13.3. The molecule has 0 radical (unpaired) electrons. The first-order valence-electron chi connectivity index (χ1n) is 7.60. The summed E-state index contributed by atoms with van der Waals surface area (Å²) in [5, 5.41) is 11.0. The third-order valence-corrected chi connectivity index (χ3v) is 3.99. The van der Waals surface area contributed by atoms with Crippen LogP contribution in [-0.4, -0.2) is 27.5 Å². The molecule has 7 nitrogen and oxygen atoms in total. The molecule has 4 rings (SSSR count). The van der Waals surface area contributed by atoms with Crippen molar-refractivity contribution in [2.75, 3.05) is 6.61 Å². The highest BCUT2D eigenvalue weighted by Gasteiger charge is 2.27. The van der Waals surface area contributed by atoms with Gasteiger partial charge in [0.2, 0.25) is 0 Å². The van der Waals surface area contributed by atoms with Crippen LogP contribution in [0.25, 0.3) is 11.3 Å². The van der Waals surface area contributed by atoms with Crippen LogP contribution in [0.4, 0.5) is 0 Å². The van der Waals surface area contributed by atoms with Crippen molar-refractivity contribution in [2.45, 2.75) is 13.0 Å². The number of amides is 1. The summed E-state index contributed by atoms with van der Waals surface area (Å²) in [6.45, 7) is 2.26. The zero-order chi connectivity index (χ0) is 16.7. The molecule has 1 atom stereocenters. The molecule has 1 aromatic carbocycles. The summed E-state index contributed by atoms with van der Waals surface area (Å²) in [6.07, 6.45) is 3.23. The van der Waals surface area contributed by atoms with Gasteiger partial charge in [0.05, 0.1) is 17.8 Å². The van der Waals surface area contributed by atoms with E-state index < -0.39 is 0 Å². The van der Waals surface area contributed by atoms with Crippen LogP contribution >= 0.6 is 0 Å². The van der Waals surface area contributed by atoms with Gasteiger partial charge in [-0.3, -0.25) is 9.48 Å². The number of nitrogens with zero attached hydrogens (tertiary/aromatic N) is 3. The summed E-state index contributed by atoms with van der Waals surface area (Å²) in [4.78, 5) is 12.3. The minimum Gasteiger partial charge on any atom is -0.491 e. The Bertz CT molecular complexity index is 912. The Morgan fingerprint density at radius 3 is 2.96 bits per heavy atom. The third-order valence-electron chi connectivity index (χ3n) is 3.99. The van der Waals surface area contributed by atoms with Crippen molar-refractivity contribution >= 4 is 5.91 Å². The van der Waals surface area contributed by atoms with Crippen LogP contribution in [0.5, 0.6) is 5.75 Å². The maximum absolute atomic E-state index is 12.3. The van der Waals surface area contributed by atoms with Crippen LogP contribution in [0.3, 0.4) is 0 Å². The smallest absolute Gasteiger partial charge is 0.255 e. The SMILES string of the molecule is Cc1cc(-c2ccc3c(c2)OC[C@H]3NC(=O)c2cnn(C)c2)no1. The highest BCUT2D eigenvalue weighted by molar-refractivity contribution is 5.94. The normalized spacial score (nSPS) is 15.8. The Labute approximate surface area is 138 Å². The Morgan fingerprint density at radius 1 is 1.38 bits per heavy atom. The van der Waals surface area contributed by atoms with Gasteiger partial charge in [-0.2, -0.15) is 5.10 Å². The van der Waals surface area contributed by atoms with Crippen LogP contribution in [-0.2, 0) is 7.05 Å². The Hall–Kier alpha value is -3.09. The number of carbonyl (C=O) groups is 1. The summed E-state index contributed by atoms with van der Waals surface area (Å²) < 4.78 is 12.4. The maximum Gasteiger partial charge on any atom is 0.255 e. The Morgan fingerprint density at radius 2 is 2.25 bits per heavy atom. The fraction of sp³-hybridized carbons (Fsp3) is 0.235. The summed E-state index contributed by atoms with van der Waals surface area (Å²) in [6, 6.07) is 7.52. The fourth-order valence-electron chi connectivity index (χ4n) is 2.77. The van der Waals surface area contributed by atoms with E-state index in [-0.39, 0.29) is 11.9 Å². The largest absolute Gasteiger partial charge is 0.491 e. The number of ether oxygens (including phenoxy) is 1. The van der Waals surface area contributed by atoms with Gasteiger partial charge >= 0.3 is 0 Å². The Kier molecular flexibility index (Phi) is 3.34. The van der Waals surface area contributed by atoms with Gasteiger partial charge in [-0.25, -0.2) is 0 Å². The molecule has 0 saturated heterocycles. The maximum atomic E-state index is 12.3. The molecule has 0 fully saturated rings. The molecule has 1 N–H and O–H groups in total. The average molecular weight is 324 g/mol. The average Bonchev–Trinajstić information content (AvgIpc) is 3.28. The van der Waals surface area contributed by atoms with Crippen molar-refractivity contribution in [3.05, 3.63) is 53.5 Å². The standard InChI is InChI=1S/C17H16N4O3/c1-10-5-14(20-24-10)11-3-4-13-15(9-23-16(13)6-11)19-17(22)12-7-18-21(2)8-12/h3-8,15H,9H2,1-2H3,(H,19,22)/t15-/m1/s1. The molecule has 1 aliphatic rings. The lowest BCUT2D eigenvalue weighted by molar-refractivity contribution is 0.0930. The second kappa shape index (κ2) is 5.52. The lowest BCUT2D eigenvalue weighted by Crippen LogP contribution is -2.29. The molecule has 3 heterocycles. The molecular formula is C17H16N4O3. The molecule has 24 heavy (non-hydrogen) atoms. The van der Waals surface area contributed by atoms with Gasteiger partial charge in [0.25, 0.3) is 5.91 Å². The quantitative estimate of drug-likeness (QED) is 0.799. The van der Waals surface area contributed by atoms with Crippen LogP contribution in [0.15, 0.2) is 41.2 Å². The first kappa shape index (κ1) is 14.5. The van der Waals surface area contributed by atoms with Gasteiger partial charge in [-0.1, -0.05) is 17.3 Å². The number of rotatable bonds is 3. The summed E-state index contributed by atoms with van der Waals surface area (Å²) in [5.74, 6) is 1.35. The lowest BCUT2D eigenvalue weighted by atomic mass is 10.0. The van der Waals surface area contributed by atoms with Gasteiger partial charge in [-0.15, -0.1) is 0 Å². The van der Waals surface area contributed by atoms with E-state index in [0.29, 0.717) is 12.2 Å². The van der Waals surface area contributed by atoms with Crippen LogP contribution in [0, 0.1) is 6.92 Å². The van der Waals surface area contributed by atoms with Gasteiger partial charge in [-0.05, 0) is 13.0 Å². The monoisotopic (exact) mass is 324 g/mol. The van der Waals surface area contributed by atoms with E-state index in [1.807, 2.05) is 31.2 Å². The van der Waals surface area contributed by atoms with Gasteiger partial charge < -0.3 is 14.6 Å². The molecule has 1 aliphatic heterocycles. The minimum atomic E-state index is -0.180. The number of benzene rings is 1. The van der Waals surface area contributed by atoms with Gasteiger partial charge in [0.1, 0.15) is 23.8 Å². The van der Waals surface area contributed by atoms with Crippen molar-refractivity contribution < 1.29 is 14.1 Å². The van der Waals surface area contributed by atoms with E-state index in [0.717, 1.165) is 28.3 Å². The molecule has 0 saturated carbocycles. The van der Waals surface area contributed by atoms with Crippen LogP contribution in [0.2, 0.25) is 0 Å². The molecule has 122 valence electrons. The predicted octanol–water partition coefficient (Wildman–Crippen LogP) is 2.25. The molecule has 0 aliphatic carbocycles. The molecule has 0 bridgehead atoms. The van der Waals surface area contributed by atoms with E-state index in [1.165, 1.54) is 0 Å². The zero-order valence-corrected chi connectivity index (χ0v) is 13.3. The van der Waals surface area contributed by atoms with E-state index in [1.54, 1.807) is 24.1 Å². The number of nitrogens with one attached hydrogen (secondary N) is 1. The minimum absolute atomic E-state index is 0.166. The first-order valence-corrected chi connectivity index (χ1v) is 7.60. The number of carbonyl (C=O) groups excluding carboxylic acids is 1. The van der Waals surface area contributed by atoms with E-state index in [4.69, 9.17) is 9.26 Å². The van der Waals surface area contributed by atoms with Crippen LogP contribution < -0.4 is 10.1 Å². The summed E-state index contributed by atoms with van der Waals surface area (Å²) >= 11 is 0. The number of fused-ring (bicyclic) bond motifs is 1. The predicted molar refractivity (Wildman–Crippen MR) is 85.6 cm³/mol. The van der Waals surface area contributed by atoms with E-state index in [2.05, 4.69) is 15.6 Å². The molecular weight excluding hydrogens is 308 g/mol. The first-order chi connectivity index (χ1) is 11.6. The van der Waals surface area contributed by atoms with Crippen molar-refractivity contribution in [1.82, 2.24) is 20.3 Å². The highest BCUT2D eigenvalue weighted by atomic mass is 16.5. The topological polar surface area (TPSA) is 82.2 Å². The van der Waals surface area contributed by atoms with E-state index in [9.17, 15) is 4.79 Å². The second-order valence-electron chi connectivity index (χ2n) is 5.82. The van der Waals surface area contributed by atoms with Crippen molar-refractivity contribution in [3.63, 3.8) is 0 Å². The molecule has 3 aromatic rings. The van der Waals surface area contributed by atoms with E-state index >= 15 is 0 Å². The molecule has 7 heteroatoms. The van der Waals surface area contributed by atoms with Crippen molar-refractivity contribution in [3.8, 4) is 17.0 Å². The van der Waals surface area contributed by atoms with Gasteiger partial charge in [0, 0.05) is 30.4 Å². The molecule has 0 unspecified atom stereocenters. The lowest BCUT2D eigenvalue weighted by Gasteiger charge is -2.10. The number of aryl methyl sites for hydroxylation is 2. The van der Waals surface area contributed by atoms with Crippen molar-refractivity contribution in [1.29, 1.82) is 0 Å². The number of hydrogen-bond acceptors (Lipinski definition) is 5. The molecule has 0 spiro atoms. The van der Waals surface area contributed by atoms with Crippen LogP contribution in [0.1, 0.15) is 27.7 Å². The molecule has 2 aromatic heterocycles. The third kappa shape index (κ3) is 2.54. The Balaban J connectivity index is 1.55. The number of aromatic nitrogens is 3.